The van der Waals surface area contributed by atoms with Crippen molar-refractivity contribution >= 4 is 11.2 Å². The van der Waals surface area contributed by atoms with E-state index < -0.39 is 0 Å². The van der Waals surface area contributed by atoms with E-state index in [9.17, 15) is 0 Å². The molecule has 0 spiro atoms. The standard InChI is InChI=1S/C18H26N4O/c1-21-10-5-6-14(21)13-22-17(12-15-7-2-3-11-23-15)20-16-8-4-9-19-18(16)22/h4,8-9,14-15H,2-3,5-7,10-13H2,1H3. The fourth-order valence-corrected chi connectivity index (χ4v) is 3.95. The van der Waals surface area contributed by atoms with Crippen LogP contribution in [-0.4, -0.2) is 51.8 Å². The van der Waals surface area contributed by atoms with Crippen LogP contribution in [0.1, 0.15) is 37.9 Å². The van der Waals surface area contributed by atoms with Crippen LogP contribution in [0.4, 0.5) is 0 Å². The van der Waals surface area contributed by atoms with E-state index in [2.05, 4.69) is 27.6 Å². The van der Waals surface area contributed by atoms with E-state index in [0.717, 1.165) is 43.0 Å². The first-order valence-electron chi connectivity index (χ1n) is 8.93. The molecular weight excluding hydrogens is 288 g/mol. The van der Waals surface area contributed by atoms with Gasteiger partial charge >= 0.3 is 0 Å². The first-order chi connectivity index (χ1) is 11.3. The van der Waals surface area contributed by atoms with Crippen LogP contribution in [-0.2, 0) is 17.7 Å². The SMILES string of the molecule is CN1CCCC1Cn1c(CC2CCCCO2)nc2cccnc21. The minimum Gasteiger partial charge on any atom is -0.378 e. The molecule has 5 heteroatoms. The molecule has 23 heavy (non-hydrogen) atoms. The van der Waals surface area contributed by atoms with Crippen molar-refractivity contribution in [3.63, 3.8) is 0 Å². The van der Waals surface area contributed by atoms with Crippen molar-refractivity contribution in [1.82, 2.24) is 19.4 Å². The summed E-state index contributed by atoms with van der Waals surface area (Å²) in [6.07, 6.45) is 9.29. The van der Waals surface area contributed by atoms with Gasteiger partial charge in [-0.3, -0.25) is 0 Å². The fraction of sp³-hybridized carbons (Fsp3) is 0.667. The molecule has 2 aliphatic heterocycles. The number of rotatable bonds is 4. The van der Waals surface area contributed by atoms with Crippen LogP contribution in [0.15, 0.2) is 18.3 Å². The van der Waals surface area contributed by atoms with E-state index >= 15 is 0 Å². The second-order valence-electron chi connectivity index (χ2n) is 6.95. The van der Waals surface area contributed by atoms with Crippen molar-refractivity contribution in [2.75, 3.05) is 20.2 Å². The van der Waals surface area contributed by atoms with Crippen LogP contribution in [0, 0.1) is 0 Å². The lowest BCUT2D eigenvalue weighted by Crippen LogP contribution is -2.31. The molecule has 0 radical (unpaired) electrons. The number of ether oxygens (including phenoxy) is 1. The second-order valence-corrected chi connectivity index (χ2v) is 6.95. The van der Waals surface area contributed by atoms with Crippen molar-refractivity contribution in [3.05, 3.63) is 24.2 Å². The molecule has 0 saturated carbocycles. The minimum absolute atomic E-state index is 0.320. The number of fused-ring (bicyclic) bond motifs is 1. The van der Waals surface area contributed by atoms with Gasteiger partial charge in [0.1, 0.15) is 11.3 Å². The van der Waals surface area contributed by atoms with Crippen LogP contribution in [0.2, 0.25) is 0 Å². The number of likely N-dealkylation sites (tertiary alicyclic amines) is 1. The van der Waals surface area contributed by atoms with E-state index in [1.807, 2.05) is 12.3 Å². The highest BCUT2D eigenvalue weighted by Gasteiger charge is 2.25. The molecule has 0 amide bonds. The summed E-state index contributed by atoms with van der Waals surface area (Å²) >= 11 is 0. The van der Waals surface area contributed by atoms with Gasteiger partial charge < -0.3 is 14.2 Å². The summed E-state index contributed by atoms with van der Waals surface area (Å²) in [7, 11) is 2.23. The first-order valence-corrected chi connectivity index (χ1v) is 8.93. The molecule has 0 aromatic carbocycles. The largest absolute Gasteiger partial charge is 0.378 e. The van der Waals surface area contributed by atoms with Gasteiger partial charge in [-0.2, -0.15) is 0 Å². The van der Waals surface area contributed by atoms with Crippen LogP contribution in [0.5, 0.6) is 0 Å². The Balaban J connectivity index is 1.63. The number of likely N-dealkylation sites (N-methyl/N-ethyl adjacent to an activating group) is 1. The number of hydrogen-bond donors (Lipinski definition) is 0. The van der Waals surface area contributed by atoms with E-state index in [1.165, 1.54) is 32.2 Å². The predicted molar refractivity (Wildman–Crippen MR) is 90.5 cm³/mol. The molecule has 4 heterocycles. The lowest BCUT2D eigenvalue weighted by Gasteiger charge is -2.24. The van der Waals surface area contributed by atoms with Crippen molar-refractivity contribution in [1.29, 1.82) is 0 Å². The third kappa shape index (κ3) is 3.12. The fourth-order valence-electron chi connectivity index (χ4n) is 3.95. The van der Waals surface area contributed by atoms with Gasteiger partial charge in [0.05, 0.1) is 6.10 Å². The minimum atomic E-state index is 0.320. The van der Waals surface area contributed by atoms with Gasteiger partial charge in [-0.05, 0) is 57.8 Å². The predicted octanol–water partition coefficient (Wildman–Crippen LogP) is 2.64. The Morgan fingerprint density at radius 3 is 3.00 bits per heavy atom. The average Bonchev–Trinajstić information content (AvgIpc) is 3.13. The molecule has 5 nitrogen and oxygen atoms in total. The quantitative estimate of drug-likeness (QED) is 0.870. The van der Waals surface area contributed by atoms with Crippen molar-refractivity contribution in [2.24, 2.45) is 0 Å². The van der Waals surface area contributed by atoms with Crippen LogP contribution in [0.25, 0.3) is 11.2 Å². The second kappa shape index (κ2) is 6.57. The van der Waals surface area contributed by atoms with E-state index in [-0.39, 0.29) is 0 Å². The molecule has 2 atom stereocenters. The molecule has 2 unspecified atom stereocenters. The van der Waals surface area contributed by atoms with Crippen LogP contribution >= 0.6 is 0 Å². The third-order valence-electron chi connectivity index (χ3n) is 5.33. The van der Waals surface area contributed by atoms with E-state index in [4.69, 9.17) is 9.72 Å². The Morgan fingerprint density at radius 2 is 2.22 bits per heavy atom. The van der Waals surface area contributed by atoms with Crippen LogP contribution < -0.4 is 0 Å². The van der Waals surface area contributed by atoms with Gasteiger partial charge in [0.25, 0.3) is 0 Å². The molecule has 0 aliphatic carbocycles. The maximum absolute atomic E-state index is 5.94. The zero-order valence-corrected chi connectivity index (χ0v) is 13.9. The third-order valence-corrected chi connectivity index (χ3v) is 5.33. The Hall–Kier alpha value is -1.46. The number of imidazole rings is 1. The zero-order valence-electron chi connectivity index (χ0n) is 13.9. The lowest BCUT2D eigenvalue weighted by molar-refractivity contribution is 0.0151. The maximum Gasteiger partial charge on any atom is 0.160 e. The molecule has 2 fully saturated rings. The summed E-state index contributed by atoms with van der Waals surface area (Å²) in [5, 5.41) is 0. The molecule has 124 valence electrons. The van der Waals surface area contributed by atoms with Crippen molar-refractivity contribution in [3.8, 4) is 0 Å². The highest BCUT2D eigenvalue weighted by molar-refractivity contribution is 5.71. The average molecular weight is 314 g/mol. The lowest BCUT2D eigenvalue weighted by atomic mass is 10.1. The maximum atomic E-state index is 5.94. The molecule has 2 aromatic rings. The van der Waals surface area contributed by atoms with Gasteiger partial charge in [-0.1, -0.05) is 0 Å². The highest BCUT2D eigenvalue weighted by atomic mass is 16.5. The van der Waals surface area contributed by atoms with E-state index in [0.29, 0.717) is 12.1 Å². The van der Waals surface area contributed by atoms with Gasteiger partial charge in [-0.25, -0.2) is 9.97 Å². The molecule has 0 N–H and O–H groups in total. The molecule has 2 saturated heterocycles. The summed E-state index contributed by atoms with van der Waals surface area (Å²) in [4.78, 5) is 11.9. The summed E-state index contributed by atoms with van der Waals surface area (Å²) in [6, 6.07) is 4.64. The molecular formula is C18H26N4O. The molecule has 4 rings (SSSR count). The van der Waals surface area contributed by atoms with Gasteiger partial charge in [0, 0.05) is 31.8 Å². The summed E-state index contributed by atoms with van der Waals surface area (Å²) in [5.41, 5.74) is 2.04. The smallest absolute Gasteiger partial charge is 0.160 e. The van der Waals surface area contributed by atoms with Gasteiger partial charge in [0.15, 0.2) is 5.65 Å². The number of hydrogen-bond acceptors (Lipinski definition) is 4. The number of aromatic nitrogens is 3. The first kappa shape index (κ1) is 15.1. The number of pyridine rings is 1. The Bertz CT molecular complexity index is 662. The van der Waals surface area contributed by atoms with Gasteiger partial charge in [0.2, 0.25) is 0 Å². The molecule has 0 bridgehead atoms. The molecule has 2 aromatic heterocycles. The summed E-state index contributed by atoms with van der Waals surface area (Å²) in [5.74, 6) is 1.14. The normalized spacial score (nSPS) is 26.1. The monoisotopic (exact) mass is 314 g/mol. The highest BCUT2D eigenvalue weighted by Crippen LogP contribution is 2.23. The summed E-state index contributed by atoms with van der Waals surface area (Å²) in [6.45, 7) is 3.09. The Morgan fingerprint density at radius 1 is 1.26 bits per heavy atom. The molecule has 2 aliphatic rings. The van der Waals surface area contributed by atoms with Crippen molar-refractivity contribution < 1.29 is 4.74 Å². The summed E-state index contributed by atoms with van der Waals surface area (Å²) < 4.78 is 8.29. The van der Waals surface area contributed by atoms with Gasteiger partial charge in [-0.15, -0.1) is 0 Å². The van der Waals surface area contributed by atoms with E-state index in [1.54, 1.807) is 0 Å². The topological polar surface area (TPSA) is 43.2 Å². The van der Waals surface area contributed by atoms with Crippen molar-refractivity contribution in [2.45, 2.75) is 57.2 Å². The zero-order chi connectivity index (χ0) is 15.6. The Labute approximate surface area is 137 Å². The van der Waals surface area contributed by atoms with Crippen LogP contribution in [0.3, 0.4) is 0 Å². The Kier molecular flexibility index (Phi) is 4.31. The number of nitrogens with zero attached hydrogens (tertiary/aromatic N) is 4.